The molecular weight excluding hydrogens is 250 g/mol. The summed E-state index contributed by atoms with van der Waals surface area (Å²) in [5.41, 5.74) is 0. The van der Waals surface area contributed by atoms with Crippen molar-refractivity contribution in [2.24, 2.45) is 0 Å². The first-order chi connectivity index (χ1) is 8.60. The molecule has 0 aromatic carbocycles. The van der Waals surface area contributed by atoms with E-state index in [9.17, 15) is 8.42 Å². The summed E-state index contributed by atoms with van der Waals surface area (Å²) in [5, 5.41) is 3.41. The summed E-state index contributed by atoms with van der Waals surface area (Å²) in [5.74, 6) is 0. The summed E-state index contributed by atoms with van der Waals surface area (Å²) in [4.78, 5) is 0. The molecule has 1 saturated heterocycles. The smallest absolute Gasteiger partial charge is 0.281 e. The van der Waals surface area contributed by atoms with Gasteiger partial charge in [-0.1, -0.05) is 6.42 Å². The Labute approximate surface area is 111 Å². The van der Waals surface area contributed by atoms with Crippen LogP contribution >= 0.6 is 0 Å². The normalized spacial score (nSPS) is 22.6. The Bertz CT molecular complexity index is 348. The van der Waals surface area contributed by atoms with Crippen LogP contribution in [0.3, 0.4) is 0 Å². The van der Waals surface area contributed by atoms with E-state index in [2.05, 4.69) is 5.32 Å². The Morgan fingerprint density at radius 2 is 1.89 bits per heavy atom. The van der Waals surface area contributed by atoms with Gasteiger partial charge in [-0.15, -0.1) is 0 Å². The van der Waals surface area contributed by atoms with E-state index in [1.54, 1.807) is 11.4 Å². The topological polar surface area (TPSA) is 52.7 Å². The van der Waals surface area contributed by atoms with Crippen molar-refractivity contribution >= 4 is 10.2 Å². The molecule has 5 nitrogen and oxygen atoms in total. The van der Waals surface area contributed by atoms with Crippen LogP contribution in [-0.4, -0.2) is 56.3 Å². The van der Waals surface area contributed by atoms with Crippen molar-refractivity contribution in [2.45, 2.75) is 44.6 Å². The van der Waals surface area contributed by atoms with Crippen LogP contribution in [0.15, 0.2) is 0 Å². The molecule has 106 valence electrons. The van der Waals surface area contributed by atoms with E-state index in [1.807, 2.05) is 0 Å². The van der Waals surface area contributed by atoms with E-state index >= 15 is 0 Å². The van der Waals surface area contributed by atoms with Gasteiger partial charge in [0.2, 0.25) is 0 Å². The summed E-state index contributed by atoms with van der Waals surface area (Å²) in [6.07, 6.45) is 6.59. The average Bonchev–Trinajstić information content (AvgIpc) is 3.19. The largest absolute Gasteiger partial charge is 0.314 e. The molecule has 0 bridgehead atoms. The Kier molecular flexibility index (Phi) is 5.00. The molecule has 1 saturated carbocycles. The van der Waals surface area contributed by atoms with E-state index < -0.39 is 10.2 Å². The molecule has 0 unspecified atom stereocenters. The SMILES string of the molecule is CN(CCCNC1CC1)S(=O)(=O)N1CCCCC1. The molecule has 0 atom stereocenters. The zero-order valence-corrected chi connectivity index (χ0v) is 12.1. The van der Waals surface area contributed by atoms with Crippen molar-refractivity contribution in [3.8, 4) is 0 Å². The van der Waals surface area contributed by atoms with Crippen molar-refractivity contribution < 1.29 is 8.42 Å². The van der Waals surface area contributed by atoms with Gasteiger partial charge in [0.1, 0.15) is 0 Å². The molecule has 1 N–H and O–H groups in total. The summed E-state index contributed by atoms with van der Waals surface area (Å²) >= 11 is 0. The quantitative estimate of drug-likeness (QED) is 0.699. The molecule has 1 heterocycles. The van der Waals surface area contributed by atoms with E-state index in [0.717, 1.165) is 32.2 Å². The van der Waals surface area contributed by atoms with Crippen LogP contribution in [0, 0.1) is 0 Å². The maximum atomic E-state index is 12.3. The summed E-state index contributed by atoms with van der Waals surface area (Å²) in [6, 6.07) is 0.703. The molecule has 6 heteroatoms. The van der Waals surface area contributed by atoms with Gasteiger partial charge < -0.3 is 5.32 Å². The van der Waals surface area contributed by atoms with Crippen molar-refractivity contribution in [1.82, 2.24) is 13.9 Å². The molecule has 0 spiro atoms. The second-order valence-corrected chi connectivity index (χ2v) is 7.41. The van der Waals surface area contributed by atoms with E-state index in [4.69, 9.17) is 0 Å². The van der Waals surface area contributed by atoms with E-state index in [1.165, 1.54) is 17.1 Å². The van der Waals surface area contributed by atoms with Gasteiger partial charge in [-0.05, 0) is 38.6 Å². The number of rotatable bonds is 7. The van der Waals surface area contributed by atoms with E-state index in [0.29, 0.717) is 25.7 Å². The molecule has 0 aromatic heterocycles. The lowest BCUT2D eigenvalue weighted by Gasteiger charge is -2.30. The van der Waals surface area contributed by atoms with Crippen molar-refractivity contribution in [3.05, 3.63) is 0 Å². The molecule has 2 aliphatic rings. The maximum Gasteiger partial charge on any atom is 0.281 e. The maximum absolute atomic E-state index is 12.3. The lowest BCUT2D eigenvalue weighted by Crippen LogP contribution is -2.44. The Balaban J connectivity index is 1.72. The molecule has 18 heavy (non-hydrogen) atoms. The number of hydrogen-bond donors (Lipinski definition) is 1. The second-order valence-electron chi connectivity index (χ2n) is 5.37. The molecule has 2 rings (SSSR count). The first-order valence-corrected chi connectivity index (χ1v) is 8.45. The van der Waals surface area contributed by atoms with Crippen LogP contribution in [0.2, 0.25) is 0 Å². The first-order valence-electron chi connectivity index (χ1n) is 7.05. The van der Waals surface area contributed by atoms with Gasteiger partial charge in [0.15, 0.2) is 0 Å². The molecule has 0 amide bonds. The zero-order chi connectivity index (χ0) is 13.0. The van der Waals surface area contributed by atoms with Gasteiger partial charge in [0.05, 0.1) is 0 Å². The highest BCUT2D eigenvalue weighted by Gasteiger charge is 2.27. The predicted molar refractivity (Wildman–Crippen MR) is 72.6 cm³/mol. The van der Waals surface area contributed by atoms with Gasteiger partial charge in [-0.25, -0.2) is 0 Å². The minimum Gasteiger partial charge on any atom is -0.314 e. The Hall–Kier alpha value is -0.170. The van der Waals surface area contributed by atoms with Crippen LogP contribution in [0.1, 0.15) is 38.5 Å². The van der Waals surface area contributed by atoms with Crippen LogP contribution in [0.5, 0.6) is 0 Å². The predicted octanol–water partition coefficient (Wildman–Crippen LogP) is 0.791. The molecular formula is C12H25N3O2S. The highest BCUT2D eigenvalue weighted by molar-refractivity contribution is 7.86. The third-order valence-corrected chi connectivity index (χ3v) is 5.68. The monoisotopic (exact) mass is 275 g/mol. The fourth-order valence-electron chi connectivity index (χ4n) is 2.30. The molecule has 0 aromatic rings. The molecule has 1 aliphatic carbocycles. The fourth-order valence-corrected chi connectivity index (χ4v) is 3.78. The zero-order valence-electron chi connectivity index (χ0n) is 11.3. The van der Waals surface area contributed by atoms with Crippen LogP contribution in [0.25, 0.3) is 0 Å². The van der Waals surface area contributed by atoms with Gasteiger partial charge in [0, 0.05) is 32.7 Å². The summed E-state index contributed by atoms with van der Waals surface area (Å²) in [7, 11) is -1.51. The third-order valence-electron chi connectivity index (χ3n) is 3.70. The Morgan fingerprint density at radius 1 is 1.22 bits per heavy atom. The number of hydrogen-bond acceptors (Lipinski definition) is 3. The summed E-state index contributed by atoms with van der Waals surface area (Å²) < 4.78 is 27.7. The minimum atomic E-state index is -3.21. The Morgan fingerprint density at radius 3 is 2.50 bits per heavy atom. The molecule has 1 aliphatic heterocycles. The van der Waals surface area contributed by atoms with Crippen LogP contribution < -0.4 is 5.32 Å². The van der Waals surface area contributed by atoms with Crippen molar-refractivity contribution in [3.63, 3.8) is 0 Å². The van der Waals surface area contributed by atoms with E-state index in [-0.39, 0.29) is 0 Å². The highest BCUT2D eigenvalue weighted by Crippen LogP contribution is 2.18. The van der Waals surface area contributed by atoms with Crippen LogP contribution in [-0.2, 0) is 10.2 Å². The molecule has 2 fully saturated rings. The van der Waals surface area contributed by atoms with Gasteiger partial charge >= 0.3 is 0 Å². The number of nitrogens with one attached hydrogen (secondary N) is 1. The molecule has 0 radical (unpaired) electrons. The standard InChI is InChI=1S/C12H25N3O2S/c1-14(9-5-8-13-12-6-7-12)18(16,17)15-10-3-2-4-11-15/h12-13H,2-11H2,1H3. The van der Waals surface area contributed by atoms with Crippen LogP contribution in [0.4, 0.5) is 0 Å². The lowest BCUT2D eigenvalue weighted by molar-refractivity contribution is 0.314. The third kappa shape index (κ3) is 3.91. The van der Waals surface area contributed by atoms with Crippen molar-refractivity contribution in [1.29, 1.82) is 0 Å². The number of piperidine rings is 1. The number of nitrogens with zero attached hydrogens (tertiary/aromatic N) is 2. The highest BCUT2D eigenvalue weighted by atomic mass is 32.2. The minimum absolute atomic E-state index is 0.610. The first kappa shape index (κ1) is 14.2. The summed E-state index contributed by atoms with van der Waals surface area (Å²) in [6.45, 7) is 2.91. The average molecular weight is 275 g/mol. The van der Waals surface area contributed by atoms with Gasteiger partial charge in [-0.2, -0.15) is 17.0 Å². The fraction of sp³-hybridized carbons (Fsp3) is 1.00. The lowest BCUT2D eigenvalue weighted by atomic mass is 10.2. The van der Waals surface area contributed by atoms with Crippen molar-refractivity contribution in [2.75, 3.05) is 33.2 Å². The second kappa shape index (κ2) is 6.32. The van der Waals surface area contributed by atoms with Gasteiger partial charge in [0.25, 0.3) is 10.2 Å². The van der Waals surface area contributed by atoms with Gasteiger partial charge in [-0.3, -0.25) is 0 Å².